The van der Waals surface area contributed by atoms with E-state index in [-0.39, 0.29) is 5.69 Å². The molecular formula is C16H14F4N2O. The van der Waals surface area contributed by atoms with Crippen molar-refractivity contribution in [1.82, 2.24) is 5.32 Å². The minimum absolute atomic E-state index is 0.330. The molecule has 0 aliphatic heterocycles. The monoisotopic (exact) mass is 326 g/mol. The van der Waals surface area contributed by atoms with Crippen LogP contribution in [0.25, 0.3) is 0 Å². The van der Waals surface area contributed by atoms with Gasteiger partial charge in [-0.05, 0) is 36.8 Å². The lowest BCUT2D eigenvalue weighted by Gasteiger charge is -2.17. The molecule has 0 spiro atoms. The van der Waals surface area contributed by atoms with Crippen LogP contribution < -0.4 is 10.6 Å². The van der Waals surface area contributed by atoms with E-state index >= 15 is 0 Å². The first kappa shape index (κ1) is 16.8. The third kappa shape index (κ3) is 4.45. The number of rotatable bonds is 3. The molecule has 2 amide bonds. The van der Waals surface area contributed by atoms with E-state index in [9.17, 15) is 22.4 Å². The van der Waals surface area contributed by atoms with E-state index in [4.69, 9.17) is 0 Å². The van der Waals surface area contributed by atoms with E-state index in [1.807, 2.05) is 0 Å². The van der Waals surface area contributed by atoms with Crippen LogP contribution in [-0.4, -0.2) is 6.03 Å². The van der Waals surface area contributed by atoms with Crippen molar-refractivity contribution in [2.45, 2.75) is 19.1 Å². The molecule has 0 aliphatic carbocycles. The summed E-state index contributed by atoms with van der Waals surface area (Å²) in [6, 6.07) is 8.89. The van der Waals surface area contributed by atoms with Crippen LogP contribution in [0.2, 0.25) is 0 Å². The molecule has 3 nitrogen and oxygen atoms in total. The van der Waals surface area contributed by atoms with Crippen LogP contribution in [-0.2, 0) is 6.18 Å². The van der Waals surface area contributed by atoms with Crippen molar-refractivity contribution in [2.75, 3.05) is 5.32 Å². The first-order valence-electron chi connectivity index (χ1n) is 6.76. The Morgan fingerprint density at radius 1 is 1.04 bits per heavy atom. The number of urea groups is 1. The lowest BCUT2D eigenvalue weighted by atomic mass is 10.1. The van der Waals surface area contributed by atoms with Crippen molar-refractivity contribution in [3.05, 3.63) is 65.5 Å². The van der Waals surface area contributed by atoms with Gasteiger partial charge in [0.25, 0.3) is 0 Å². The Balaban J connectivity index is 2.07. The number of hydrogen-bond acceptors (Lipinski definition) is 1. The summed E-state index contributed by atoms with van der Waals surface area (Å²) in [5.41, 5.74) is -0.626. The van der Waals surface area contributed by atoms with Crippen LogP contribution in [0, 0.1) is 5.82 Å². The average Bonchev–Trinajstić information content (AvgIpc) is 2.47. The molecule has 0 radical (unpaired) electrons. The van der Waals surface area contributed by atoms with Gasteiger partial charge in [-0.3, -0.25) is 0 Å². The van der Waals surface area contributed by atoms with Crippen LogP contribution in [0.4, 0.5) is 28.0 Å². The molecule has 1 atom stereocenters. The largest absolute Gasteiger partial charge is 0.418 e. The van der Waals surface area contributed by atoms with Crippen molar-refractivity contribution in [3.63, 3.8) is 0 Å². The Morgan fingerprint density at radius 2 is 1.65 bits per heavy atom. The molecule has 0 aliphatic rings. The van der Waals surface area contributed by atoms with Crippen molar-refractivity contribution in [2.24, 2.45) is 0 Å². The van der Waals surface area contributed by atoms with E-state index < -0.39 is 29.6 Å². The first-order chi connectivity index (χ1) is 10.8. The standard InChI is InChI=1S/C16H14F4N2O/c1-10(11-6-8-12(17)9-7-11)21-15(23)22-14-5-3-2-4-13(14)16(18,19)20/h2-10H,1H3,(H2,21,22,23)/t10-/m0/s1. The Bertz CT molecular complexity index is 683. The maximum Gasteiger partial charge on any atom is 0.418 e. The van der Waals surface area contributed by atoms with Gasteiger partial charge in [0.05, 0.1) is 17.3 Å². The van der Waals surface area contributed by atoms with Crippen molar-refractivity contribution in [1.29, 1.82) is 0 Å². The summed E-state index contributed by atoms with van der Waals surface area (Å²) in [4.78, 5) is 11.9. The number of benzene rings is 2. The highest BCUT2D eigenvalue weighted by Gasteiger charge is 2.33. The molecule has 0 bridgehead atoms. The Labute approximate surface area is 130 Å². The summed E-state index contributed by atoms with van der Waals surface area (Å²) in [7, 11) is 0. The molecule has 2 N–H and O–H groups in total. The number of carbonyl (C=O) groups excluding carboxylic acids is 1. The number of hydrogen-bond donors (Lipinski definition) is 2. The fourth-order valence-corrected chi connectivity index (χ4v) is 2.03. The summed E-state index contributed by atoms with van der Waals surface area (Å²) < 4.78 is 51.4. The molecule has 2 aromatic rings. The van der Waals surface area contributed by atoms with Gasteiger partial charge in [0.2, 0.25) is 0 Å². The summed E-state index contributed by atoms with van der Waals surface area (Å²) in [6.07, 6.45) is -4.56. The lowest BCUT2D eigenvalue weighted by molar-refractivity contribution is -0.136. The van der Waals surface area contributed by atoms with Gasteiger partial charge in [-0.2, -0.15) is 13.2 Å². The number of alkyl halides is 3. The zero-order valence-corrected chi connectivity index (χ0v) is 12.1. The van der Waals surface area contributed by atoms with E-state index in [1.165, 1.54) is 42.5 Å². The zero-order valence-electron chi connectivity index (χ0n) is 12.1. The van der Waals surface area contributed by atoms with Gasteiger partial charge in [-0.15, -0.1) is 0 Å². The second kappa shape index (κ2) is 6.68. The molecule has 0 saturated heterocycles. The summed E-state index contributed by atoms with van der Waals surface area (Å²) in [6.45, 7) is 1.64. The van der Waals surface area contributed by atoms with Crippen molar-refractivity contribution >= 4 is 11.7 Å². The van der Waals surface area contributed by atoms with E-state index in [0.29, 0.717) is 5.56 Å². The summed E-state index contributed by atoms with van der Waals surface area (Å²) >= 11 is 0. The molecule has 0 saturated carbocycles. The summed E-state index contributed by atoms with van der Waals surface area (Å²) in [5, 5.41) is 4.69. The van der Waals surface area contributed by atoms with Crippen LogP contribution in [0.5, 0.6) is 0 Å². The second-order valence-electron chi connectivity index (χ2n) is 4.92. The number of amides is 2. The highest BCUT2D eigenvalue weighted by molar-refractivity contribution is 5.90. The predicted octanol–water partition coefficient (Wildman–Crippen LogP) is 4.73. The topological polar surface area (TPSA) is 41.1 Å². The maximum absolute atomic E-state index is 12.9. The molecule has 0 aromatic heterocycles. The van der Waals surface area contributed by atoms with Crippen LogP contribution in [0.1, 0.15) is 24.1 Å². The molecule has 2 rings (SSSR count). The molecule has 0 unspecified atom stereocenters. The number of para-hydroxylation sites is 1. The average molecular weight is 326 g/mol. The molecular weight excluding hydrogens is 312 g/mol. The SMILES string of the molecule is C[C@H](NC(=O)Nc1ccccc1C(F)(F)F)c1ccc(F)cc1. The second-order valence-corrected chi connectivity index (χ2v) is 4.92. The van der Waals surface area contributed by atoms with Gasteiger partial charge >= 0.3 is 12.2 Å². The van der Waals surface area contributed by atoms with Crippen LogP contribution in [0.15, 0.2) is 48.5 Å². The third-order valence-corrected chi connectivity index (χ3v) is 3.20. The van der Waals surface area contributed by atoms with Crippen molar-refractivity contribution in [3.8, 4) is 0 Å². The lowest BCUT2D eigenvalue weighted by Crippen LogP contribution is -2.31. The Kier molecular flexibility index (Phi) is 4.88. The fourth-order valence-electron chi connectivity index (χ4n) is 2.03. The molecule has 122 valence electrons. The number of anilines is 1. The van der Waals surface area contributed by atoms with Crippen LogP contribution in [0.3, 0.4) is 0 Å². The minimum atomic E-state index is -4.56. The quantitative estimate of drug-likeness (QED) is 0.787. The van der Waals surface area contributed by atoms with E-state index in [2.05, 4.69) is 10.6 Å². The number of halogens is 4. The molecule has 23 heavy (non-hydrogen) atoms. The van der Waals surface area contributed by atoms with E-state index in [0.717, 1.165) is 6.07 Å². The molecule has 0 fully saturated rings. The fraction of sp³-hybridized carbons (Fsp3) is 0.188. The van der Waals surface area contributed by atoms with Crippen molar-refractivity contribution < 1.29 is 22.4 Å². The number of nitrogens with one attached hydrogen (secondary N) is 2. The highest BCUT2D eigenvalue weighted by atomic mass is 19.4. The maximum atomic E-state index is 12.9. The van der Waals surface area contributed by atoms with Gasteiger partial charge in [-0.1, -0.05) is 24.3 Å². The normalized spacial score (nSPS) is 12.6. The van der Waals surface area contributed by atoms with Gasteiger partial charge in [-0.25, -0.2) is 9.18 Å². The molecule has 7 heteroatoms. The minimum Gasteiger partial charge on any atom is -0.331 e. The highest BCUT2D eigenvalue weighted by Crippen LogP contribution is 2.34. The summed E-state index contributed by atoms with van der Waals surface area (Å²) in [5.74, 6) is -0.412. The Hall–Kier alpha value is -2.57. The molecule has 0 heterocycles. The smallest absolute Gasteiger partial charge is 0.331 e. The van der Waals surface area contributed by atoms with Gasteiger partial charge in [0.15, 0.2) is 0 Å². The van der Waals surface area contributed by atoms with Crippen LogP contribution >= 0.6 is 0 Å². The van der Waals surface area contributed by atoms with Gasteiger partial charge in [0, 0.05) is 0 Å². The van der Waals surface area contributed by atoms with Gasteiger partial charge < -0.3 is 10.6 Å². The first-order valence-corrected chi connectivity index (χ1v) is 6.76. The predicted molar refractivity (Wildman–Crippen MR) is 78.4 cm³/mol. The zero-order chi connectivity index (χ0) is 17.0. The third-order valence-electron chi connectivity index (χ3n) is 3.20. The van der Waals surface area contributed by atoms with E-state index in [1.54, 1.807) is 6.92 Å². The van der Waals surface area contributed by atoms with Gasteiger partial charge in [0.1, 0.15) is 5.82 Å². The Morgan fingerprint density at radius 3 is 2.26 bits per heavy atom. The molecule has 2 aromatic carbocycles. The number of carbonyl (C=O) groups is 1.